The van der Waals surface area contributed by atoms with Crippen LogP contribution in [-0.2, 0) is 11.3 Å². The Morgan fingerprint density at radius 2 is 2.30 bits per heavy atom. The maximum Gasteiger partial charge on any atom is 0.127 e. The molecule has 20 heavy (non-hydrogen) atoms. The highest BCUT2D eigenvalue weighted by molar-refractivity contribution is 6.31. The fourth-order valence-electron chi connectivity index (χ4n) is 2.89. The van der Waals surface area contributed by atoms with E-state index in [-0.39, 0.29) is 11.0 Å². The van der Waals surface area contributed by atoms with Crippen molar-refractivity contribution in [2.24, 2.45) is 0 Å². The first-order valence-electron chi connectivity index (χ1n) is 6.92. The van der Waals surface area contributed by atoms with E-state index in [1.807, 2.05) is 25.1 Å². The van der Waals surface area contributed by atoms with Crippen LogP contribution in [0.3, 0.4) is 0 Å². The molecule has 3 nitrogen and oxygen atoms in total. The minimum absolute atomic E-state index is 0.131. The molecule has 0 aliphatic carbocycles. The van der Waals surface area contributed by atoms with Crippen molar-refractivity contribution in [2.75, 3.05) is 6.61 Å². The average Bonchev–Trinajstić information content (AvgIpc) is 2.94. The Balaban J connectivity index is 2.09. The van der Waals surface area contributed by atoms with Crippen molar-refractivity contribution in [1.82, 2.24) is 9.55 Å². The second-order valence-corrected chi connectivity index (χ2v) is 6.80. The Bertz CT molecular complexity index is 630. The third kappa shape index (κ3) is 2.54. The molecule has 0 spiro atoms. The van der Waals surface area contributed by atoms with Gasteiger partial charge in [0.05, 0.1) is 28.6 Å². The molecule has 0 saturated carbocycles. The van der Waals surface area contributed by atoms with E-state index < -0.39 is 0 Å². The van der Waals surface area contributed by atoms with Crippen LogP contribution in [0, 0.1) is 0 Å². The van der Waals surface area contributed by atoms with Crippen molar-refractivity contribution in [2.45, 2.75) is 44.2 Å². The van der Waals surface area contributed by atoms with E-state index in [0.29, 0.717) is 5.02 Å². The van der Waals surface area contributed by atoms with E-state index in [2.05, 4.69) is 16.5 Å². The monoisotopic (exact) mass is 312 g/mol. The first-order valence-corrected chi connectivity index (χ1v) is 7.74. The minimum atomic E-state index is -0.147. The van der Waals surface area contributed by atoms with E-state index in [0.717, 1.165) is 42.9 Å². The van der Waals surface area contributed by atoms with E-state index in [4.69, 9.17) is 27.9 Å². The Morgan fingerprint density at radius 1 is 1.50 bits per heavy atom. The topological polar surface area (TPSA) is 27.1 Å². The number of aromatic nitrogens is 2. The largest absolute Gasteiger partial charge is 0.373 e. The summed E-state index contributed by atoms with van der Waals surface area (Å²) in [4.78, 5) is 4.64. The SMILES string of the molecule is CC(Cl)c1nc2cc(Cl)ccc2n1CC1(C)CCCO1. The molecule has 2 aromatic rings. The van der Waals surface area contributed by atoms with Crippen molar-refractivity contribution < 1.29 is 4.74 Å². The van der Waals surface area contributed by atoms with Gasteiger partial charge in [-0.1, -0.05) is 11.6 Å². The lowest BCUT2D eigenvalue weighted by atomic mass is 10.0. The highest BCUT2D eigenvalue weighted by atomic mass is 35.5. The van der Waals surface area contributed by atoms with Gasteiger partial charge in [0.1, 0.15) is 5.82 Å². The number of hydrogen-bond acceptors (Lipinski definition) is 2. The third-order valence-electron chi connectivity index (χ3n) is 3.89. The summed E-state index contributed by atoms with van der Waals surface area (Å²) >= 11 is 12.3. The zero-order valence-electron chi connectivity index (χ0n) is 11.7. The fraction of sp³-hybridized carbons (Fsp3) is 0.533. The zero-order valence-corrected chi connectivity index (χ0v) is 13.2. The number of alkyl halides is 1. The molecule has 1 aromatic carbocycles. The number of fused-ring (bicyclic) bond motifs is 1. The van der Waals surface area contributed by atoms with Gasteiger partial charge in [0, 0.05) is 11.6 Å². The molecule has 1 aromatic heterocycles. The molecule has 1 aliphatic heterocycles. The Labute approximate surface area is 128 Å². The second kappa shape index (κ2) is 5.21. The van der Waals surface area contributed by atoms with Crippen LogP contribution in [-0.4, -0.2) is 21.8 Å². The molecular weight excluding hydrogens is 295 g/mol. The van der Waals surface area contributed by atoms with Gasteiger partial charge >= 0.3 is 0 Å². The van der Waals surface area contributed by atoms with Crippen LogP contribution in [0.15, 0.2) is 18.2 Å². The summed E-state index contributed by atoms with van der Waals surface area (Å²) in [7, 11) is 0. The van der Waals surface area contributed by atoms with E-state index >= 15 is 0 Å². The van der Waals surface area contributed by atoms with Gasteiger partial charge in [-0.15, -0.1) is 11.6 Å². The number of nitrogens with zero attached hydrogens (tertiary/aromatic N) is 2. The van der Waals surface area contributed by atoms with Crippen molar-refractivity contribution >= 4 is 34.2 Å². The van der Waals surface area contributed by atoms with Gasteiger partial charge in [-0.25, -0.2) is 4.98 Å². The molecule has 1 fully saturated rings. The van der Waals surface area contributed by atoms with Crippen molar-refractivity contribution in [3.05, 3.63) is 29.0 Å². The summed E-state index contributed by atoms with van der Waals surface area (Å²) < 4.78 is 8.08. The van der Waals surface area contributed by atoms with Crippen LogP contribution in [0.25, 0.3) is 11.0 Å². The molecule has 2 unspecified atom stereocenters. The van der Waals surface area contributed by atoms with Crippen LogP contribution in [0.5, 0.6) is 0 Å². The minimum Gasteiger partial charge on any atom is -0.373 e. The molecule has 2 heterocycles. The lowest BCUT2D eigenvalue weighted by Gasteiger charge is -2.25. The summed E-state index contributed by atoms with van der Waals surface area (Å²) in [5, 5.41) is 0.547. The molecule has 5 heteroatoms. The summed E-state index contributed by atoms with van der Waals surface area (Å²) in [6.45, 7) is 5.71. The van der Waals surface area contributed by atoms with Crippen LogP contribution in [0.2, 0.25) is 5.02 Å². The van der Waals surface area contributed by atoms with Crippen molar-refractivity contribution in [3.8, 4) is 0 Å². The molecule has 1 aliphatic rings. The lowest BCUT2D eigenvalue weighted by Crippen LogP contribution is -2.30. The van der Waals surface area contributed by atoms with Gasteiger partial charge in [-0.3, -0.25) is 0 Å². The molecular formula is C15H18Cl2N2O. The molecule has 0 amide bonds. The summed E-state index contributed by atoms with van der Waals surface area (Å²) in [5.41, 5.74) is 1.82. The number of imidazole rings is 1. The molecule has 108 valence electrons. The quantitative estimate of drug-likeness (QED) is 0.777. The summed E-state index contributed by atoms with van der Waals surface area (Å²) in [6.07, 6.45) is 2.18. The standard InChI is InChI=1S/C15H18Cl2N2O/c1-10(16)14-18-12-8-11(17)4-5-13(12)19(14)9-15(2)6-3-7-20-15/h4-5,8,10H,3,6-7,9H2,1-2H3. The number of hydrogen-bond donors (Lipinski definition) is 0. The van der Waals surface area contributed by atoms with E-state index in [1.54, 1.807) is 0 Å². The molecule has 0 bridgehead atoms. The van der Waals surface area contributed by atoms with Gasteiger partial charge in [-0.2, -0.15) is 0 Å². The highest BCUT2D eigenvalue weighted by Crippen LogP contribution is 2.32. The maximum absolute atomic E-state index is 6.29. The van der Waals surface area contributed by atoms with Crippen LogP contribution in [0.4, 0.5) is 0 Å². The lowest BCUT2D eigenvalue weighted by molar-refractivity contribution is 0.00649. The number of halogens is 2. The Hall–Kier alpha value is -0.770. The second-order valence-electron chi connectivity index (χ2n) is 5.71. The molecule has 0 radical (unpaired) electrons. The van der Waals surface area contributed by atoms with Crippen LogP contribution < -0.4 is 0 Å². The Morgan fingerprint density at radius 3 is 2.95 bits per heavy atom. The van der Waals surface area contributed by atoms with Crippen LogP contribution in [0.1, 0.15) is 37.9 Å². The highest BCUT2D eigenvalue weighted by Gasteiger charge is 2.32. The van der Waals surface area contributed by atoms with E-state index in [9.17, 15) is 0 Å². The van der Waals surface area contributed by atoms with E-state index in [1.165, 1.54) is 0 Å². The number of rotatable bonds is 3. The van der Waals surface area contributed by atoms with Gasteiger partial charge < -0.3 is 9.30 Å². The fourth-order valence-corrected chi connectivity index (χ4v) is 3.22. The zero-order chi connectivity index (χ0) is 14.3. The Kier molecular flexibility index (Phi) is 3.69. The van der Waals surface area contributed by atoms with Crippen molar-refractivity contribution in [1.29, 1.82) is 0 Å². The number of benzene rings is 1. The predicted molar refractivity (Wildman–Crippen MR) is 82.6 cm³/mol. The first-order chi connectivity index (χ1) is 9.48. The van der Waals surface area contributed by atoms with Crippen molar-refractivity contribution in [3.63, 3.8) is 0 Å². The smallest absolute Gasteiger partial charge is 0.127 e. The van der Waals surface area contributed by atoms with Gasteiger partial charge in [0.2, 0.25) is 0 Å². The van der Waals surface area contributed by atoms with Gasteiger partial charge in [0.25, 0.3) is 0 Å². The summed E-state index contributed by atoms with van der Waals surface area (Å²) in [6, 6.07) is 5.78. The molecule has 2 atom stereocenters. The molecule has 0 N–H and O–H groups in total. The molecule has 3 rings (SSSR count). The average molecular weight is 313 g/mol. The summed E-state index contributed by atoms with van der Waals surface area (Å²) in [5.74, 6) is 0.876. The van der Waals surface area contributed by atoms with Gasteiger partial charge in [-0.05, 0) is 44.9 Å². The normalized spacial score (nSPS) is 24.4. The third-order valence-corrected chi connectivity index (χ3v) is 4.32. The van der Waals surface area contributed by atoms with Gasteiger partial charge in [0.15, 0.2) is 0 Å². The maximum atomic E-state index is 6.29. The predicted octanol–water partition coefficient (Wildman–Crippen LogP) is 4.56. The molecule has 1 saturated heterocycles. The van der Waals surface area contributed by atoms with Crippen LogP contribution >= 0.6 is 23.2 Å². The number of ether oxygens (including phenoxy) is 1. The first kappa shape index (κ1) is 14.2.